The van der Waals surface area contributed by atoms with Crippen LogP contribution in [-0.2, 0) is 10.0 Å². The van der Waals surface area contributed by atoms with Crippen LogP contribution in [0.1, 0.15) is 5.56 Å². The zero-order chi connectivity index (χ0) is 20.4. The Morgan fingerprint density at radius 3 is 2.37 bits per heavy atom. The van der Waals surface area contributed by atoms with Crippen LogP contribution in [0.2, 0.25) is 0 Å². The normalized spacial score (nSPS) is 11.3. The number of nitrogens with one attached hydrogen (secondary N) is 2. The molecule has 2 aromatic carbocycles. The Balaban J connectivity index is 2.26. The molecule has 0 amide bonds. The van der Waals surface area contributed by atoms with Crippen molar-refractivity contribution in [2.45, 2.75) is 11.8 Å². The number of hydrogen-bond acceptors (Lipinski definition) is 5. The first-order valence-corrected chi connectivity index (χ1v) is 9.42. The van der Waals surface area contributed by atoms with Gasteiger partial charge in [0.1, 0.15) is 5.82 Å². The summed E-state index contributed by atoms with van der Waals surface area (Å²) in [6, 6.07) is 7.49. The van der Waals surface area contributed by atoms with Crippen LogP contribution in [0.4, 0.5) is 21.5 Å². The Hall–Kier alpha value is -2.63. The van der Waals surface area contributed by atoms with Gasteiger partial charge in [0.25, 0.3) is 5.69 Å². The van der Waals surface area contributed by atoms with E-state index < -0.39 is 20.8 Å². The van der Waals surface area contributed by atoms with Gasteiger partial charge in [0, 0.05) is 31.9 Å². The molecular formula is C16H17FN4O4S2. The number of aryl methyl sites for hydroxylation is 1. The van der Waals surface area contributed by atoms with E-state index in [1.165, 1.54) is 26.2 Å². The summed E-state index contributed by atoms with van der Waals surface area (Å²) in [6.45, 7) is 1.74. The van der Waals surface area contributed by atoms with Gasteiger partial charge in [-0.05, 0) is 42.9 Å². The highest BCUT2D eigenvalue weighted by atomic mass is 32.2. The lowest BCUT2D eigenvalue weighted by molar-refractivity contribution is -0.384. The first-order chi connectivity index (χ1) is 12.5. The molecule has 0 aliphatic heterocycles. The molecular weight excluding hydrogens is 395 g/mol. The molecule has 0 atom stereocenters. The van der Waals surface area contributed by atoms with E-state index in [9.17, 15) is 22.9 Å². The average Bonchev–Trinajstić information content (AvgIpc) is 2.58. The number of hydrogen-bond donors (Lipinski definition) is 2. The second-order valence-corrected chi connectivity index (χ2v) is 8.32. The van der Waals surface area contributed by atoms with Crippen molar-refractivity contribution in [1.29, 1.82) is 0 Å². The van der Waals surface area contributed by atoms with Crippen molar-refractivity contribution in [2.24, 2.45) is 0 Å². The molecule has 0 aliphatic rings. The smallest absolute Gasteiger partial charge is 0.271 e. The molecule has 2 aromatic rings. The molecule has 0 spiro atoms. The van der Waals surface area contributed by atoms with Crippen LogP contribution in [0, 0.1) is 22.9 Å². The summed E-state index contributed by atoms with van der Waals surface area (Å²) in [5.74, 6) is -0.717. The zero-order valence-corrected chi connectivity index (χ0v) is 16.3. The summed E-state index contributed by atoms with van der Waals surface area (Å²) < 4.78 is 39.5. The topological polar surface area (TPSA) is 105 Å². The number of sulfonamides is 1. The largest absolute Gasteiger partial charge is 0.332 e. The number of benzene rings is 2. The maximum absolute atomic E-state index is 13.9. The average molecular weight is 412 g/mol. The fourth-order valence-corrected chi connectivity index (χ4v) is 3.25. The van der Waals surface area contributed by atoms with E-state index in [0.717, 1.165) is 22.5 Å². The van der Waals surface area contributed by atoms with Crippen molar-refractivity contribution in [2.75, 3.05) is 24.7 Å². The van der Waals surface area contributed by atoms with Gasteiger partial charge in [-0.15, -0.1) is 0 Å². The Kier molecular flexibility index (Phi) is 6.08. The number of non-ortho nitro benzene ring substituents is 1. The molecule has 0 aliphatic carbocycles. The molecule has 0 radical (unpaired) electrons. The molecule has 0 aromatic heterocycles. The van der Waals surface area contributed by atoms with Crippen LogP contribution in [-0.4, -0.2) is 36.9 Å². The SMILES string of the molecule is Cc1ccc(S(=O)(=O)N(C)C)cc1NC(=S)Nc1cc([N+](=O)[O-])ccc1F. The van der Waals surface area contributed by atoms with Gasteiger partial charge in [-0.25, -0.2) is 17.1 Å². The van der Waals surface area contributed by atoms with E-state index in [2.05, 4.69) is 10.6 Å². The lowest BCUT2D eigenvalue weighted by Gasteiger charge is -2.16. The number of nitrogens with zero attached hydrogens (tertiary/aromatic N) is 2. The van der Waals surface area contributed by atoms with Gasteiger partial charge < -0.3 is 10.6 Å². The van der Waals surface area contributed by atoms with Crippen LogP contribution >= 0.6 is 12.2 Å². The van der Waals surface area contributed by atoms with Crippen molar-refractivity contribution < 1.29 is 17.7 Å². The second-order valence-electron chi connectivity index (χ2n) is 5.76. The van der Waals surface area contributed by atoms with Gasteiger partial charge in [-0.2, -0.15) is 0 Å². The van der Waals surface area contributed by atoms with Crippen LogP contribution in [0.15, 0.2) is 41.3 Å². The number of rotatable bonds is 5. The third kappa shape index (κ3) is 4.76. The van der Waals surface area contributed by atoms with E-state index in [4.69, 9.17) is 12.2 Å². The molecule has 0 fully saturated rings. The predicted octanol–water partition coefficient (Wildman–Crippen LogP) is 3.10. The molecule has 11 heteroatoms. The molecule has 144 valence electrons. The first kappa shape index (κ1) is 20.7. The van der Waals surface area contributed by atoms with Crippen molar-refractivity contribution in [1.82, 2.24) is 4.31 Å². The number of halogens is 1. The Morgan fingerprint density at radius 2 is 1.78 bits per heavy atom. The highest BCUT2D eigenvalue weighted by Crippen LogP contribution is 2.24. The Labute approximate surface area is 161 Å². The molecule has 27 heavy (non-hydrogen) atoms. The van der Waals surface area contributed by atoms with E-state index in [-0.39, 0.29) is 21.4 Å². The second kappa shape index (κ2) is 7.94. The minimum absolute atomic E-state index is 0.0445. The number of nitro groups is 1. The monoisotopic (exact) mass is 412 g/mol. The van der Waals surface area contributed by atoms with Gasteiger partial charge in [0.05, 0.1) is 15.5 Å². The van der Waals surface area contributed by atoms with Crippen molar-refractivity contribution >= 4 is 44.4 Å². The van der Waals surface area contributed by atoms with Gasteiger partial charge in [-0.1, -0.05) is 6.07 Å². The van der Waals surface area contributed by atoms with Crippen LogP contribution in [0.25, 0.3) is 0 Å². The fourth-order valence-electron chi connectivity index (χ4n) is 2.11. The van der Waals surface area contributed by atoms with Crippen molar-refractivity contribution in [3.8, 4) is 0 Å². The van der Waals surface area contributed by atoms with E-state index in [0.29, 0.717) is 11.3 Å². The summed E-state index contributed by atoms with van der Waals surface area (Å²) in [6.07, 6.45) is 0. The summed E-state index contributed by atoms with van der Waals surface area (Å²) in [7, 11) is -0.806. The molecule has 0 heterocycles. The van der Waals surface area contributed by atoms with Crippen molar-refractivity contribution in [3.05, 3.63) is 57.9 Å². The third-order valence-corrected chi connectivity index (χ3v) is 5.66. The van der Waals surface area contributed by atoms with Crippen molar-refractivity contribution in [3.63, 3.8) is 0 Å². The number of anilines is 2. The van der Waals surface area contributed by atoms with Crippen LogP contribution < -0.4 is 10.6 Å². The summed E-state index contributed by atoms with van der Waals surface area (Å²) in [5, 5.41) is 16.1. The van der Waals surface area contributed by atoms with E-state index in [1.54, 1.807) is 13.0 Å². The summed E-state index contributed by atoms with van der Waals surface area (Å²) in [5.41, 5.74) is 0.644. The molecule has 2 rings (SSSR count). The van der Waals surface area contributed by atoms with Gasteiger partial charge in [0.2, 0.25) is 10.0 Å². The molecule has 2 N–H and O–H groups in total. The first-order valence-electron chi connectivity index (χ1n) is 7.57. The maximum atomic E-state index is 13.9. The molecule has 0 bridgehead atoms. The van der Waals surface area contributed by atoms with Gasteiger partial charge in [0.15, 0.2) is 5.11 Å². The Morgan fingerprint density at radius 1 is 1.15 bits per heavy atom. The standard InChI is InChI=1S/C16H17FN4O4S2/c1-10-4-6-12(27(24,25)20(2)3)9-14(10)18-16(26)19-15-8-11(21(22)23)5-7-13(15)17/h4-9H,1-3H3,(H2,18,19,26). The van der Waals surface area contributed by atoms with Crippen LogP contribution in [0.3, 0.4) is 0 Å². The molecule has 0 unspecified atom stereocenters. The lowest BCUT2D eigenvalue weighted by atomic mass is 10.2. The molecule has 0 saturated heterocycles. The summed E-state index contributed by atoms with van der Waals surface area (Å²) >= 11 is 5.12. The Bertz CT molecular complexity index is 1010. The number of nitro benzene ring substituents is 1. The lowest BCUT2D eigenvalue weighted by Crippen LogP contribution is -2.23. The number of thiocarbonyl (C=S) groups is 1. The van der Waals surface area contributed by atoms with Gasteiger partial charge >= 0.3 is 0 Å². The van der Waals surface area contributed by atoms with Gasteiger partial charge in [-0.3, -0.25) is 10.1 Å². The third-order valence-electron chi connectivity index (χ3n) is 3.64. The van der Waals surface area contributed by atoms with Crippen LogP contribution in [0.5, 0.6) is 0 Å². The maximum Gasteiger partial charge on any atom is 0.271 e. The molecule has 0 saturated carbocycles. The minimum atomic E-state index is -3.64. The zero-order valence-electron chi connectivity index (χ0n) is 14.7. The quantitative estimate of drug-likeness (QED) is 0.442. The predicted molar refractivity (Wildman–Crippen MR) is 105 cm³/mol. The summed E-state index contributed by atoms with van der Waals surface area (Å²) in [4.78, 5) is 10.2. The molecule has 8 nitrogen and oxygen atoms in total. The van der Waals surface area contributed by atoms with E-state index in [1.807, 2.05) is 0 Å². The fraction of sp³-hybridized carbons (Fsp3) is 0.188. The van der Waals surface area contributed by atoms with E-state index >= 15 is 0 Å². The minimum Gasteiger partial charge on any atom is -0.332 e. The highest BCUT2D eigenvalue weighted by molar-refractivity contribution is 7.89. The highest BCUT2D eigenvalue weighted by Gasteiger charge is 2.18.